The highest BCUT2D eigenvalue weighted by Gasteiger charge is 2.56. The van der Waals surface area contributed by atoms with Gasteiger partial charge in [-0.1, -0.05) is 13.8 Å². The molecule has 0 amide bonds. The molecule has 0 bridgehead atoms. The lowest BCUT2D eigenvalue weighted by molar-refractivity contribution is 0.601. The fraction of sp³-hybridized carbons (Fsp3) is 0.600. The second kappa shape index (κ2) is 2.33. The van der Waals surface area contributed by atoms with Gasteiger partial charge in [0, 0.05) is 16.8 Å². The third kappa shape index (κ3) is 1.02. The second-order valence-electron chi connectivity index (χ2n) is 4.35. The average molecular weight is 181 g/mol. The highest BCUT2D eigenvalue weighted by atomic mass is 32.1. The van der Waals surface area contributed by atoms with Crippen LogP contribution in [0.5, 0.6) is 0 Å². The van der Waals surface area contributed by atoms with E-state index < -0.39 is 0 Å². The van der Waals surface area contributed by atoms with Gasteiger partial charge in [0.25, 0.3) is 0 Å². The van der Waals surface area contributed by atoms with Crippen molar-refractivity contribution in [1.82, 2.24) is 0 Å². The minimum atomic E-state index is 0.331. The van der Waals surface area contributed by atoms with Gasteiger partial charge in [0.1, 0.15) is 0 Å². The fourth-order valence-corrected chi connectivity index (χ4v) is 3.08. The third-order valence-electron chi connectivity index (χ3n) is 2.97. The molecular weight excluding hydrogens is 166 g/mol. The van der Waals surface area contributed by atoms with E-state index in [0.29, 0.717) is 17.4 Å². The van der Waals surface area contributed by atoms with Crippen molar-refractivity contribution in [3.63, 3.8) is 0 Å². The van der Waals surface area contributed by atoms with Crippen LogP contribution in [0.3, 0.4) is 0 Å². The summed E-state index contributed by atoms with van der Waals surface area (Å²) in [5.41, 5.74) is 7.69. The maximum absolute atomic E-state index is 5.99. The molecule has 2 rings (SSSR count). The summed E-state index contributed by atoms with van der Waals surface area (Å²) in [7, 11) is 0. The molecule has 1 nitrogen and oxygen atoms in total. The van der Waals surface area contributed by atoms with Crippen molar-refractivity contribution in [3.05, 3.63) is 21.9 Å². The summed E-state index contributed by atoms with van der Waals surface area (Å²) in [5.74, 6) is 0.608. The summed E-state index contributed by atoms with van der Waals surface area (Å²) in [6.07, 6.45) is 0. The van der Waals surface area contributed by atoms with Crippen molar-refractivity contribution in [3.8, 4) is 0 Å². The van der Waals surface area contributed by atoms with Crippen LogP contribution < -0.4 is 5.73 Å². The first kappa shape index (κ1) is 8.27. The van der Waals surface area contributed by atoms with E-state index in [1.165, 1.54) is 10.4 Å². The lowest BCUT2D eigenvalue weighted by atomic mass is 10.1. The molecular formula is C10H15NS. The van der Waals surface area contributed by atoms with E-state index in [0.717, 1.165) is 0 Å². The van der Waals surface area contributed by atoms with Crippen LogP contribution in [-0.2, 0) is 0 Å². The molecule has 2 atom stereocenters. The van der Waals surface area contributed by atoms with Crippen molar-refractivity contribution < 1.29 is 0 Å². The van der Waals surface area contributed by atoms with Crippen LogP contribution in [0.1, 0.15) is 30.2 Å². The summed E-state index contributed by atoms with van der Waals surface area (Å²) < 4.78 is 0. The molecule has 1 aliphatic rings. The molecule has 1 heterocycles. The molecule has 1 aromatic heterocycles. The van der Waals surface area contributed by atoms with E-state index in [1.807, 2.05) is 11.3 Å². The van der Waals surface area contributed by atoms with Gasteiger partial charge in [-0.3, -0.25) is 0 Å². The molecule has 0 spiro atoms. The maximum atomic E-state index is 5.99. The number of nitrogens with two attached hydrogens (primary N) is 1. The molecule has 1 fully saturated rings. The Labute approximate surface area is 77.6 Å². The molecule has 0 aliphatic heterocycles. The number of aryl methyl sites for hydroxylation is 1. The molecule has 0 saturated heterocycles. The predicted molar refractivity (Wildman–Crippen MR) is 53.6 cm³/mol. The monoisotopic (exact) mass is 181 g/mol. The largest absolute Gasteiger partial charge is 0.327 e. The van der Waals surface area contributed by atoms with Crippen molar-refractivity contribution in [2.45, 2.75) is 32.7 Å². The Bertz CT molecular complexity index is 301. The lowest BCUT2D eigenvalue weighted by Crippen LogP contribution is -2.06. The molecule has 66 valence electrons. The van der Waals surface area contributed by atoms with E-state index in [4.69, 9.17) is 5.73 Å². The quantitative estimate of drug-likeness (QED) is 0.708. The lowest BCUT2D eigenvalue weighted by Gasteiger charge is -1.97. The molecule has 1 aromatic rings. The zero-order valence-corrected chi connectivity index (χ0v) is 8.61. The van der Waals surface area contributed by atoms with Crippen LogP contribution in [0.25, 0.3) is 0 Å². The molecule has 0 unspecified atom stereocenters. The Morgan fingerprint density at radius 3 is 2.42 bits per heavy atom. The van der Waals surface area contributed by atoms with Crippen molar-refractivity contribution in [2.24, 2.45) is 11.1 Å². The van der Waals surface area contributed by atoms with Crippen molar-refractivity contribution in [2.75, 3.05) is 0 Å². The van der Waals surface area contributed by atoms with Gasteiger partial charge in [-0.2, -0.15) is 0 Å². The Morgan fingerprint density at radius 2 is 2.08 bits per heavy atom. The smallest absolute Gasteiger partial charge is 0.0180 e. The number of thiophene rings is 1. The van der Waals surface area contributed by atoms with E-state index in [1.54, 1.807) is 0 Å². The summed E-state index contributed by atoms with van der Waals surface area (Å²) >= 11 is 1.85. The molecule has 2 heteroatoms. The summed E-state index contributed by atoms with van der Waals surface area (Å²) in [4.78, 5) is 1.46. The third-order valence-corrected chi connectivity index (χ3v) is 4.10. The molecule has 1 aliphatic carbocycles. The van der Waals surface area contributed by atoms with Crippen molar-refractivity contribution >= 4 is 11.3 Å². The van der Waals surface area contributed by atoms with Crippen LogP contribution >= 0.6 is 11.3 Å². The highest BCUT2D eigenvalue weighted by Crippen LogP contribution is 2.58. The average Bonchev–Trinajstić information content (AvgIpc) is 2.38. The van der Waals surface area contributed by atoms with Crippen LogP contribution in [-0.4, -0.2) is 6.04 Å². The van der Waals surface area contributed by atoms with Gasteiger partial charge in [0.2, 0.25) is 0 Å². The van der Waals surface area contributed by atoms with Gasteiger partial charge in [-0.05, 0) is 29.3 Å². The van der Waals surface area contributed by atoms with Gasteiger partial charge < -0.3 is 5.73 Å². The van der Waals surface area contributed by atoms with Crippen LogP contribution in [0.4, 0.5) is 0 Å². The fourth-order valence-electron chi connectivity index (χ4n) is 1.84. The van der Waals surface area contributed by atoms with Crippen LogP contribution in [0.2, 0.25) is 0 Å². The zero-order valence-electron chi connectivity index (χ0n) is 7.79. The maximum Gasteiger partial charge on any atom is 0.0180 e. The SMILES string of the molecule is Cc1csc([C@H]2[C@H](N)C2(C)C)c1. The Hall–Kier alpha value is -0.340. The zero-order chi connectivity index (χ0) is 8.93. The van der Waals surface area contributed by atoms with Gasteiger partial charge in [0.15, 0.2) is 0 Å². The first-order valence-electron chi connectivity index (χ1n) is 4.34. The second-order valence-corrected chi connectivity index (χ2v) is 5.29. The minimum Gasteiger partial charge on any atom is -0.327 e. The van der Waals surface area contributed by atoms with Gasteiger partial charge in [-0.25, -0.2) is 0 Å². The van der Waals surface area contributed by atoms with Gasteiger partial charge in [-0.15, -0.1) is 11.3 Å². The van der Waals surface area contributed by atoms with Crippen molar-refractivity contribution in [1.29, 1.82) is 0 Å². The minimum absolute atomic E-state index is 0.331. The first-order chi connectivity index (χ1) is 5.53. The molecule has 0 aromatic carbocycles. The number of hydrogen-bond acceptors (Lipinski definition) is 2. The Balaban J connectivity index is 2.24. The summed E-state index contributed by atoms with van der Waals surface area (Å²) in [5, 5.41) is 2.20. The molecule has 1 saturated carbocycles. The molecule has 12 heavy (non-hydrogen) atoms. The van der Waals surface area contributed by atoms with Gasteiger partial charge in [0.05, 0.1) is 0 Å². The van der Waals surface area contributed by atoms with Crippen LogP contribution in [0.15, 0.2) is 11.4 Å². The van der Waals surface area contributed by atoms with Crippen LogP contribution in [0, 0.1) is 12.3 Å². The standard InChI is InChI=1S/C10H15NS/c1-6-4-7(12-5-6)8-9(11)10(8,2)3/h4-5,8-9H,11H2,1-3H3/t8-,9-/m0/s1. The highest BCUT2D eigenvalue weighted by molar-refractivity contribution is 7.10. The predicted octanol–water partition coefficient (Wildman–Crippen LogP) is 2.51. The summed E-state index contributed by atoms with van der Waals surface area (Å²) in [6.45, 7) is 6.63. The first-order valence-corrected chi connectivity index (χ1v) is 5.22. The Morgan fingerprint density at radius 1 is 1.50 bits per heavy atom. The molecule has 2 N–H and O–H groups in total. The summed E-state index contributed by atoms with van der Waals surface area (Å²) in [6, 6.07) is 2.64. The normalized spacial score (nSPS) is 32.0. The molecule has 0 radical (unpaired) electrons. The van der Waals surface area contributed by atoms with E-state index in [2.05, 4.69) is 32.2 Å². The van der Waals surface area contributed by atoms with E-state index >= 15 is 0 Å². The van der Waals surface area contributed by atoms with Gasteiger partial charge >= 0.3 is 0 Å². The van der Waals surface area contributed by atoms with E-state index in [9.17, 15) is 0 Å². The number of hydrogen-bond donors (Lipinski definition) is 1. The Kier molecular flexibility index (Phi) is 1.61. The number of rotatable bonds is 1. The topological polar surface area (TPSA) is 26.0 Å². The van der Waals surface area contributed by atoms with E-state index in [-0.39, 0.29) is 0 Å².